The zero-order valence-electron chi connectivity index (χ0n) is 4.36. The van der Waals surface area contributed by atoms with Crippen molar-refractivity contribution in [3.63, 3.8) is 0 Å². The molecule has 1 spiro atoms. The molecule has 0 unspecified atom stereocenters. The van der Waals surface area contributed by atoms with Crippen molar-refractivity contribution >= 4 is 7.32 Å². The molecule has 1 atom stereocenters. The van der Waals surface area contributed by atoms with E-state index in [2.05, 4.69) is 0 Å². The normalized spacial score (nSPS) is 59.0. The van der Waals surface area contributed by atoms with Gasteiger partial charge < -0.3 is 19.1 Å². The van der Waals surface area contributed by atoms with Crippen LogP contribution in [0.4, 0.5) is 0 Å². The average molecular weight is 130 g/mol. The fraction of sp³-hybridized carbons (Fsp3) is 1.00. The van der Waals surface area contributed by atoms with E-state index < -0.39 is 19.1 Å². The van der Waals surface area contributed by atoms with Gasteiger partial charge in [0.2, 0.25) is 0 Å². The first kappa shape index (κ1) is 4.65. The van der Waals surface area contributed by atoms with Gasteiger partial charge in [-0.2, -0.15) is 0 Å². The van der Waals surface area contributed by atoms with Crippen LogP contribution in [0.3, 0.4) is 0 Å². The SMILES string of the molecule is OC[C@]12OB3OC1(O3)O2. The highest BCUT2D eigenvalue weighted by Crippen LogP contribution is 2.63. The second-order valence-electron chi connectivity index (χ2n) is 2.21. The van der Waals surface area contributed by atoms with Crippen molar-refractivity contribution in [2.75, 3.05) is 6.61 Å². The van der Waals surface area contributed by atoms with Crippen molar-refractivity contribution in [2.45, 2.75) is 11.8 Å². The molecule has 0 radical (unpaired) electrons. The third-order valence-electron chi connectivity index (χ3n) is 1.72. The Hall–Kier alpha value is -0.135. The minimum atomic E-state index is -1.02. The summed E-state index contributed by atoms with van der Waals surface area (Å²) in [6, 6.07) is 0. The highest BCUT2D eigenvalue weighted by atomic mass is 17.2. The lowest BCUT2D eigenvalue weighted by Gasteiger charge is -2.20. The van der Waals surface area contributed by atoms with Gasteiger partial charge in [-0.15, -0.1) is 0 Å². The minimum absolute atomic E-state index is 0.219. The summed E-state index contributed by atoms with van der Waals surface area (Å²) in [5, 5.41) is 8.65. The van der Waals surface area contributed by atoms with Gasteiger partial charge >= 0.3 is 13.3 Å². The molecule has 4 rings (SSSR count). The zero-order valence-corrected chi connectivity index (χ0v) is 4.36. The van der Waals surface area contributed by atoms with Crippen LogP contribution < -0.4 is 0 Å². The Bertz CT molecular complexity index is 177. The highest BCUT2D eigenvalue weighted by molar-refractivity contribution is 6.41. The summed E-state index contributed by atoms with van der Waals surface area (Å²) in [7, 11) is -0.606. The van der Waals surface area contributed by atoms with Crippen molar-refractivity contribution < 1.29 is 23.8 Å². The molecule has 4 saturated heterocycles. The number of aliphatic hydroxyl groups excluding tert-OH is 1. The van der Waals surface area contributed by atoms with Crippen LogP contribution in [0, 0.1) is 0 Å². The maximum absolute atomic E-state index is 8.65. The van der Waals surface area contributed by atoms with E-state index in [1.165, 1.54) is 0 Å². The molecule has 5 nitrogen and oxygen atoms in total. The number of epoxide rings is 1. The number of hydrogen-bond donors (Lipinski definition) is 1. The van der Waals surface area contributed by atoms with E-state index in [1.54, 1.807) is 0 Å². The molecule has 0 aliphatic carbocycles. The molecule has 6 heteroatoms. The van der Waals surface area contributed by atoms with E-state index in [1.807, 2.05) is 0 Å². The molecule has 4 aliphatic heterocycles. The fourth-order valence-corrected chi connectivity index (χ4v) is 1.15. The Morgan fingerprint density at radius 2 is 2.11 bits per heavy atom. The Balaban J connectivity index is 2.01. The topological polar surface area (TPSA) is 60.5 Å². The largest absolute Gasteiger partial charge is 0.649 e. The molecule has 9 heavy (non-hydrogen) atoms. The van der Waals surface area contributed by atoms with Crippen molar-refractivity contribution in [3.05, 3.63) is 0 Å². The van der Waals surface area contributed by atoms with Gasteiger partial charge in [-0.05, 0) is 0 Å². The van der Waals surface area contributed by atoms with E-state index in [9.17, 15) is 0 Å². The molecule has 1 N–H and O–H groups in total. The van der Waals surface area contributed by atoms with Gasteiger partial charge in [-0.3, -0.25) is 4.74 Å². The van der Waals surface area contributed by atoms with E-state index in [-0.39, 0.29) is 6.61 Å². The molecule has 4 fully saturated rings. The van der Waals surface area contributed by atoms with E-state index >= 15 is 0 Å². The van der Waals surface area contributed by atoms with Crippen LogP contribution >= 0.6 is 0 Å². The average Bonchev–Trinajstić information content (AvgIpc) is 2.24. The fourth-order valence-electron chi connectivity index (χ4n) is 1.15. The van der Waals surface area contributed by atoms with Crippen LogP contribution in [0.25, 0.3) is 0 Å². The van der Waals surface area contributed by atoms with Crippen LogP contribution in [-0.2, 0) is 18.7 Å². The van der Waals surface area contributed by atoms with Crippen molar-refractivity contribution in [1.29, 1.82) is 0 Å². The lowest BCUT2D eigenvalue weighted by Crippen LogP contribution is -2.43. The van der Waals surface area contributed by atoms with Crippen LogP contribution in [0.15, 0.2) is 0 Å². The second-order valence-corrected chi connectivity index (χ2v) is 2.21. The van der Waals surface area contributed by atoms with Crippen molar-refractivity contribution in [2.24, 2.45) is 0 Å². The molecule has 4 aliphatic rings. The third-order valence-corrected chi connectivity index (χ3v) is 1.72. The maximum Gasteiger partial charge on any atom is 0.649 e. The van der Waals surface area contributed by atoms with Crippen molar-refractivity contribution in [3.8, 4) is 0 Å². The van der Waals surface area contributed by atoms with Crippen LogP contribution in [0.1, 0.15) is 0 Å². The van der Waals surface area contributed by atoms with Gasteiger partial charge in [-0.1, -0.05) is 0 Å². The Kier molecular flexibility index (Phi) is 0.485. The highest BCUT2D eigenvalue weighted by Gasteiger charge is 2.91. The summed E-state index contributed by atoms with van der Waals surface area (Å²) in [6.45, 7) is -0.219. The Labute approximate surface area is 50.6 Å². The number of rotatable bonds is 1. The third kappa shape index (κ3) is 0.284. The summed E-state index contributed by atoms with van der Waals surface area (Å²) in [4.78, 5) is 0. The Morgan fingerprint density at radius 3 is 2.33 bits per heavy atom. The molecule has 0 aromatic carbocycles. The molecular formula is C3H3BO5. The molecule has 0 saturated carbocycles. The van der Waals surface area contributed by atoms with Gasteiger partial charge in [0.05, 0.1) is 0 Å². The number of ether oxygens (including phenoxy) is 1. The van der Waals surface area contributed by atoms with E-state index in [4.69, 9.17) is 23.8 Å². The summed E-state index contributed by atoms with van der Waals surface area (Å²) >= 11 is 0. The quantitative estimate of drug-likeness (QED) is 0.342. The summed E-state index contributed by atoms with van der Waals surface area (Å²) in [5.41, 5.74) is 0. The first-order valence-electron chi connectivity index (χ1n) is 2.65. The summed E-state index contributed by atoms with van der Waals surface area (Å²) in [5.74, 6) is -2.00. The Morgan fingerprint density at radius 1 is 1.33 bits per heavy atom. The first-order valence-corrected chi connectivity index (χ1v) is 2.65. The minimum Gasteiger partial charge on any atom is -0.390 e. The van der Waals surface area contributed by atoms with Crippen LogP contribution in [0.5, 0.6) is 0 Å². The summed E-state index contributed by atoms with van der Waals surface area (Å²) < 4.78 is 19.5. The first-order chi connectivity index (χ1) is 4.30. The molecule has 2 bridgehead atoms. The van der Waals surface area contributed by atoms with Crippen LogP contribution in [0.2, 0.25) is 0 Å². The van der Waals surface area contributed by atoms with Crippen molar-refractivity contribution in [1.82, 2.24) is 0 Å². The monoisotopic (exact) mass is 130 g/mol. The van der Waals surface area contributed by atoms with E-state index in [0.29, 0.717) is 0 Å². The molecule has 0 aromatic heterocycles. The molecule has 0 aromatic rings. The predicted octanol–water partition coefficient (Wildman–Crippen LogP) is -1.58. The molecule has 48 valence electrons. The van der Waals surface area contributed by atoms with Gasteiger partial charge in [0.1, 0.15) is 6.61 Å². The lowest BCUT2D eigenvalue weighted by atomic mass is 10.2. The maximum atomic E-state index is 8.65. The molecular weight excluding hydrogens is 127 g/mol. The second kappa shape index (κ2) is 0.939. The van der Waals surface area contributed by atoms with Gasteiger partial charge in [0.25, 0.3) is 5.79 Å². The van der Waals surface area contributed by atoms with Gasteiger partial charge in [0, 0.05) is 0 Å². The summed E-state index contributed by atoms with van der Waals surface area (Å²) in [6.07, 6.45) is 0. The smallest absolute Gasteiger partial charge is 0.390 e. The predicted molar refractivity (Wildman–Crippen MR) is 22.6 cm³/mol. The van der Waals surface area contributed by atoms with Gasteiger partial charge in [0.15, 0.2) is 0 Å². The van der Waals surface area contributed by atoms with Crippen LogP contribution in [-0.4, -0.2) is 30.8 Å². The van der Waals surface area contributed by atoms with E-state index in [0.717, 1.165) is 0 Å². The standard InChI is InChI=1S/C3H3BO5/c5-1-2-3(6-2)8-4(7-2)9-3/h5H,1H2/t2-/m0/s1. The van der Waals surface area contributed by atoms with Gasteiger partial charge in [-0.25, -0.2) is 0 Å². The molecule has 0 amide bonds. The molecule has 4 heterocycles. The zero-order chi connectivity index (χ0) is 6.11. The lowest BCUT2D eigenvalue weighted by molar-refractivity contribution is -0.218. The number of hydrogen-bond acceptors (Lipinski definition) is 5. The number of aliphatic hydroxyl groups is 1.